The van der Waals surface area contributed by atoms with Crippen LogP contribution in [0.1, 0.15) is 17.0 Å². The number of hydrogen-bond donors (Lipinski definition) is 0. The Morgan fingerprint density at radius 3 is 2.72 bits per heavy atom. The summed E-state index contributed by atoms with van der Waals surface area (Å²) in [6.45, 7) is 0. The molecule has 0 aliphatic carbocycles. The largest absolute Gasteiger partial charge is 0.457 e. The number of nitrogens with zero attached hydrogens (tertiary/aromatic N) is 2. The predicted octanol–water partition coefficient (Wildman–Crippen LogP) is 5.54. The molecule has 0 fully saturated rings. The summed E-state index contributed by atoms with van der Waals surface area (Å²) >= 11 is 0. The molecule has 2 aromatic carbocycles. The minimum Gasteiger partial charge on any atom is -0.457 e. The lowest BCUT2D eigenvalue weighted by Crippen LogP contribution is -1.82. The number of benzene rings is 2. The van der Waals surface area contributed by atoms with Gasteiger partial charge in [-0.05, 0) is 48.6 Å². The van der Waals surface area contributed by atoms with E-state index in [1.165, 1.54) is 0 Å². The minimum absolute atomic E-state index is 0.617. The third-order valence-electron chi connectivity index (χ3n) is 3.94. The van der Waals surface area contributed by atoms with Crippen molar-refractivity contribution in [2.45, 2.75) is 0 Å². The van der Waals surface area contributed by atoms with Crippen molar-refractivity contribution in [2.24, 2.45) is 0 Å². The van der Waals surface area contributed by atoms with Gasteiger partial charge >= 0.3 is 0 Å². The molecule has 4 aromatic rings. The maximum absolute atomic E-state index is 9.00. The summed E-state index contributed by atoms with van der Waals surface area (Å²) in [6.07, 6.45) is 3.83. The second kappa shape index (κ2) is 6.46. The van der Waals surface area contributed by atoms with Gasteiger partial charge in [0.2, 0.25) is 0 Å². The van der Waals surface area contributed by atoms with Crippen LogP contribution in [0, 0.1) is 11.3 Å². The number of pyridine rings is 1. The molecule has 4 rings (SSSR count). The van der Waals surface area contributed by atoms with E-state index < -0.39 is 0 Å². The van der Waals surface area contributed by atoms with E-state index in [1.54, 1.807) is 6.07 Å². The first-order chi connectivity index (χ1) is 12.3. The molecule has 0 amide bonds. The molecule has 3 heteroatoms. The van der Waals surface area contributed by atoms with E-state index in [1.807, 2.05) is 72.8 Å². The maximum Gasteiger partial charge on any atom is 0.134 e. The molecule has 25 heavy (non-hydrogen) atoms. The Hall–Kier alpha value is -3.64. The molecule has 0 bridgehead atoms. The van der Waals surface area contributed by atoms with Crippen LogP contribution in [0.2, 0.25) is 0 Å². The standard InChI is InChI=1S/C22H14N2O/c23-15-16-4-3-6-18(14-16)22-13-12-20(25-22)11-10-19-9-8-17-5-1-2-7-21(17)24-19/h1-14H/b11-10+. The van der Waals surface area contributed by atoms with Crippen molar-refractivity contribution in [2.75, 3.05) is 0 Å². The molecule has 2 heterocycles. The molecule has 0 saturated heterocycles. The van der Waals surface area contributed by atoms with Crippen LogP contribution >= 0.6 is 0 Å². The highest BCUT2D eigenvalue weighted by molar-refractivity contribution is 5.80. The zero-order chi connectivity index (χ0) is 17.1. The van der Waals surface area contributed by atoms with E-state index in [0.717, 1.165) is 33.7 Å². The van der Waals surface area contributed by atoms with Crippen LogP contribution in [0.5, 0.6) is 0 Å². The van der Waals surface area contributed by atoms with Gasteiger partial charge in [-0.15, -0.1) is 0 Å². The van der Waals surface area contributed by atoms with Gasteiger partial charge in [0.05, 0.1) is 22.8 Å². The smallest absolute Gasteiger partial charge is 0.134 e. The van der Waals surface area contributed by atoms with Crippen molar-refractivity contribution in [3.05, 3.63) is 89.8 Å². The zero-order valence-corrected chi connectivity index (χ0v) is 13.4. The second-order valence-electron chi connectivity index (χ2n) is 5.66. The normalized spacial score (nSPS) is 11.0. The van der Waals surface area contributed by atoms with Crippen LogP contribution in [0.3, 0.4) is 0 Å². The Bertz CT molecular complexity index is 1120. The van der Waals surface area contributed by atoms with E-state index in [9.17, 15) is 0 Å². The van der Waals surface area contributed by atoms with Crippen LogP contribution in [-0.2, 0) is 0 Å². The van der Waals surface area contributed by atoms with Crippen LogP contribution in [0.4, 0.5) is 0 Å². The molecule has 0 spiro atoms. The Labute approximate surface area is 145 Å². The molecule has 0 atom stereocenters. The highest BCUT2D eigenvalue weighted by Crippen LogP contribution is 2.24. The van der Waals surface area contributed by atoms with Crippen LogP contribution in [0.15, 0.2) is 77.2 Å². The van der Waals surface area contributed by atoms with Crippen molar-refractivity contribution in [1.82, 2.24) is 4.98 Å². The quantitative estimate of drug-likeness (QED) is 0.498. The van der Waals surface area contributed by atoms with E-state index >= 15 is 0 Å². The Morgan fingerprint density at radius 1 is 0.880 bits per heavy atom. The third-order valence-corrected chi connectivity index (χ3v) is 3.94. The number of aromatic nitrogens is 1. The van der Waals surface area contributed by atoms with Gasteiger partial charge in [-0.2, -0.15) is 5.26 Å². The molecule has 3 nitrogen and oxygen atoms in total. The molecule has 0 radical (unpaired) electrons. The van der Waals surface area contributed by atoms with E-state index in [4.69, 9.17) is 9.68 Å². The van der Waals surface area contributed by atoms with Crippen LogP contribution in [0.25, 0.3) is 34.4 Å². The van der Waals surface area contributed by atoms with Crippen molar-refractivity contribution in [3.8, 4) is 17.4 Å². The molecule has 2 aromatic heterocycles. The molecule has 0 aliphatic heterocycles. The van der Waals surface area contributed by atoms with Crippen molar-refractivity contribution in [1.29, 1.82) is 5.26 Å². The maximum atomic E-state index is 9.00. The molecular formula is C22H14N2O. The lowest BCUT2D eigenvalue weighted by molar-refractivity contribution is 0.572. The molecular weight excluding hydrogens is 308 g/mol. The van der Waals surface area contributed by atoms with Gasteiger partial charge in [0.15, 0.2) is 0 Å². The molecule has 0 N–H and O–H groups in total. The minimum atomic E-state index is 0.617. The highest BCUT2D eigenvalue weighted by Gasteiger charge is 2.04. The Balaban J connectivity index is 1.59. The second-order valence-corrected chi connectivity index (χ2v) is 5.66. The fourth-order valence-corrected chi connectivity index (χ4v) is 2.68. The topological polar surface area (TPSA) is 49.8 Å². The average molecular weight is 322 g/mol. The summed E-state index contributed by atoms with van der Waals surface area (Å²) in [5.74, 6) is 1.48. The molecule has 0 unspecified atom stereocenters. The first-order valence-electron chi connectivity index (χ1n) is 7.96. The van der Waals surface area contributed by atoms with E-state index in [-0.39, 0.29) is 0 Å². The van der Waals surface area contributed by atoms with Gasteiger partial charge in [0.1, 0.15) is 11.5 Å². The van der Waals surface area contributed by atoms with E-state index in [2.05, 4.69) is 17.1 Å². The lowest BCUT2D eigenvalue weighted by Gasteiger charge is -1.98. The molecule has 118 valence electrons. The highest BCUT2D eigenvalue weighted by atomic mass is 16.3. The van der Waals surface area contributed by atoms with Gasteiger partial charge in [0.25, 0.3) is 0 Å². The number of para-hydroxylation sites is 1. The summed E-state index contributed by atoms with van der Waals surface area (Å²) in [6, 6.07) is 25.4. The Kier molecular flexibility index (Phi) is 3.86. The summed E-state index contributed by atoms with van der Waals surface area (Å²) in [5, 5.41) is 10.1. The fourth-order valence-electron chi connectivity index (χ4n) is 2.68. The number of rotatable bonds is 3. The monoisotopic (exact) mass is 322 g/mol. The number of furan rings is 1. The summed E-state index contributed by atoms with van der Waals surface area (Å²) in [4.78, 5) is 4.61. The van der Waals surface area contributed by atoms with Crippen molar-refractivity contribution >= 4 is 23.1 Å². The summed E-state index contributed by atoms with van der Waals surface area (Å²) in [5.41, 5.74) is 3.36. The van der Waals surface area contributed by atoms with Gasteiger partial charge in [-0.3, -0.25) is 0 Å². The van der Waals surface area contributed by atoms with Gasteiger partial charge in [-0.1, -0.05) is 36.4 Å². The third kappa shape index (κ3) is 3.19. The van der Waals surface area contributed by atoms with Crippen molar-refractivity contribution in [3.63, 3.8) is 0 Å². The van der Waals surface area contributed by atoms with Crippen molar-refractivity contribution < 1.29 is 4.42 Å². The van der Waals surface area contributed by atoms with Gasteiger partial charge in [-0.25, -0.2) is 4.98 Å². The van der Waals surface area contributed by atoms with Gasteiger partial charge in [0, 0.05) is 10.9 Å². The molecule has 0 saturated carbocycles. The predicted molar refractivity (Wildman–Crippen MR) is 99.5 cm³/mol. The number of fused-ring (bicyclic) bond motifs is 1. The van der Waals surface area contributed by atoms with Gasteiger partial charge < -0.3 is 4.42 Å². The van der Waals surface area contributed by atoms with Crippen LogP contribution < -0.4 is 0 Å². The summed E-state index contributed by atoms with van der Waals surface area (Å²) in [7, 11) is 0. The SMILES string of the molecule is N#Cc1cccc(-c2ccc(/C=C/c3ccc4ccccc4n3)o2)c1. The average Bonchev–Trinajstić information content (AvgIpc) is 3.15. The lowest BCUT2D eigenvalue weighted by atomic mass is 10.1. The zero-order valence-electron chi connectivity index (χ0n) is 13.4. The summed E-state index contributed by atoms with van der Waals surface area (Å²) < 4.78 is 5.85. The number of nitriles is 1. The fraction of sp³-hybridized carbons (Fsp3) is 0. The molecule has 0 aliphatic rings. The Morgan fingerprint density at radius 2 is 1.80 bits per heavy atom. The first-order valence-corrected chi connectivity index (χ1v) is 7.96. The first kappa shape index (κ1) is 14.9. The number of hydrogen-bond acceptors (Lipinski definition) is 3. The van der Waals surface area contributed by atoms with E-state index in [0.29, 0.717) is 5.56 Å². The van der Waals surface area contributed by atoms with Crippen LogP contribution in [-0.4, -0.2) is 4.98 Å².